The number of carboxylic acids is 1. The van der Waals surface area contributed by atoms with E-state index in [4.69, 9.17) is 14.7 Å². The van der Waals surface area contributed by atoms with Crippen molar-refractivity contribution in [1.29, 1.82) is 0 Å². The highest BCUT2D eigenvalue weighted by atomic mass is 32.2. The minimum Gasteiger partial charge on any atom is -0.477 e. The van der Waals surface area contributed by atoms with Gasteiger partial charge in [-0.2, -0.15) is 8.42 Å². The van der Waals surface area contributed by atoms with Crippen LogP contribution in [-0.4, -0.2) is 73.9 Å². The fourth-order valence-electron chi connectivity index (χ4n) is 3.78. The number of nitrogens with one attached hydrogen (secondary N) is 1. The molecule has 1 unspecified atom stereocenters. The Morgan fingerprint density at radius 1 is 1.28 bits per heavy atom. The summed E-state index contributed by atoms with van der Waals surface area (Å²) in [6.07, 6.45) is 0.0435. The lowest BCUT2D eigenvalue weighted by Gasteiger charge is -2.49. The van der Waals surface area contributed by atoms with Crippen LogP contribution in [0.5, 0.6) is 0 Å². The van der Waals surface area contributed by atoms with Crippen LogP contribution in [0.15, 0.2) is 45.2 Å². The van der Waals surface area contributed by atoms with Gasteiger partial charge in [0.05, 0.1) is 6.42 Å². The molecule has 1 saturated heterocycles. The molecule has 0 spiro atoms. The second-order valence-corrected chi connectivity index (χ2v) is 11.3. The zero-order valence-electron chi connectivity index (χ0n) is 18.5. The number of carbonyl (C=O) groups is 3. The Hall–Kier alpha value is -2.92. The highest BCUT2D eigenvalue weighted by Crippen LogP contribution is 2.41. The highest BCUT2D eigenvalue weighted by molar-refractivity contribution is 8.01. The monoisotopic (exact) mass is 555 g/mol. The van der Waals surface area contributed by atoms with Crippen LogP contribution in [0.25, 0.3) is 0 Å². The molecule has 0 bridgehead atoms. The maximum Gasteiger partial charge on any atom is 0.352 e. The quantitative estimate of drug-likeness (QED) is 0.173. The van der Waals surface area contributed by atoms with E-state index in [1.807, 2.05) is 12.1 Å². The van der Waals surface area contributed by atoms with Crippen LogP contribution in [-0.2, 0) is 43.2 Å². The van der Waals surface area contributed by atoms with Gasteiger partial charge in [0.2, 0.25) is 11.8 Å². The van der Waals surface area contributed by atoms with Crippen LogP contribution < -0.4 is 11.1 Å². The average molecular weight is 556 g/mol. The molecule has 13 nitrogen and oxygen atoms in total. The fourth-order valence-corrected chi connectivity index (χ4v) is 6.47. The van der Waals surface area contributed by atoms with Crippen LogP contribution in [0, 0.1) is 0 Å². The third-order valence-corrected chi connectivity index (χ3v) is 8.24. The molecule has 2 amide bonds. The largest absolute Gasteiger partial charge is 0.477 e. The number of β-lactam (4-membered cyclic amide) rings is 1. The number of rotatable bonds is 10. The molecular weight excluding hydrogens is 534 g/mol. The SMILES string of the molecule is NCc1ccccc1CC(=O)NC1C(=O)N2C(C(=O)O)=C(CSc3nnc(CS(=O)(=O)O)o3)CS[C@H]12. The van der Waals surface area contributed by atoms with Crippen LogP contribution >= 0.6 is 23.5 Å². The van der Waals surface area contributed by atoms with Crippen molar-refractivity contribution in [2.24, 2.45) is 5.73 Å². The molecule has 1 fully saturated rings. The molecule has 1 aromatic heterocycles. The van der Waals surface area contributed by atoms with Crippen molar-refractivity contribution < 1.29 is 36.9 Å². The van der Waals surface area contributed by atoms with Gasteiger partial charge in [0.1, 0.15) is 17.1 Å². The molecule has 0 saturated carbocycles. The van der Waals surface area contributed by atoms with E-state index in [1.165, 1.54) is 11.8 Å². The summed E-state index contributed by atoms with van der Waals surface area (Å²) in [5.74, 6) is -2.97. The molecule has 0 aliphatic carbocycles. The van der Waals surface area contributed by atoms with Crippen LogP contribution in [0.4, 0.5) is 0 Å². The van der Waals surface area contributed by atoms with E-state index in [1.54, 1.807) is 12.1 Å². The zero-order valence-corrected chi connectivity index (χ0v) is 20.9. The summed E-state index contributed by atoms with van der Waals surface area (Å²) >= 11 is 2.29. The van der Waals surface area contributed by atoms with E-state index < -0.39 is 39.2 Å². The summed E-state index contributed by atoms with van der Waals surface area (Å²) in [5, 5.41) is 19.1. The van der Waals surface area contributed by atoms with Gasteiger partial charge in [0, 0.05) is 18.1 Å². The summed E-state index contributed by atoms with van der Waals surface area (Å²) < 4.78 is 35.9. The maximum absolute atomic E-state index is 12.8. The van der Waals surface area contributed by atoms with Crippen molar-refractivity contribution in [3.8, 4) is 0 Å². The first-order valence-electron chi connectivity index (χ1n) is 10.4. The van der Waals surface area contributed by atoms with Crippen LogP contribution in [0.3, 0.4) is 0 Å². The van der Waals surface area contributed by atoms with Gasteiger partial charge in [-0.15, -0.1) is 22.0 Å². The molecule has 2 aromatic rings. The highest BCUT2D eigenvalue weighted by Gasteiger charge is 2.54. The Labute approximate surface area is 213 Å². The van der Waals surface area contributed by atoms with Gasteiger partial charge in [-0.3, -0.25) is 19.0 Å². The normalized spacial score (nSPS) is 19.6. The predicted molar refractivity (Wildman–Crippen MR) is 128 cm³/mol. The smallest absolute Gasteiger partial charge is 0.352 e. The van der Waals surface area contributed by atoms with Crippen molar-refractivity contribution in [3.63, 3.8) is 0 Å². The predicted octanol–water partition coefficient (Wildman–Crippen LogP) is -0.0105. The van der Waals surface area contributed by atoms with E-state index >= 15 is 0 Å². The summed E-state index contributed by atoms with van der Waals surface area (Å²) in [6, 6.07) is 6.37. The number of nitrogens with two attached hydrogens (primary N) is 1. The first-order valence-corrected chi connectivity index (χ1v) is 14.1. The maximum atomic E-state index is 12.8. The number of carbonyl (C=O) groups excluding carboxylic acids is 2. The van der Waals surface area contributed by atoms with Crippen molar-refractivity contribution in [2.45, 2.75) is 35.4 Å². The Morgan fingerprint density at radius 2 is 2.00 bits per heavy atom. The number of carboxylic acid groups (broad SMARTS) is 1. The molecule has 36 heavy (non-hydrogen) atoms. The van der Waals surface area contributed by atoms with E-state index in [9.17, 15) is 27.9 Å². The molecule has 192 valence electrons. The number of aliphatic carboxylic acids is 1. The summed E-state index contributed by atoms with van der Waals surface area (Å²) in [7, 11) is -4.34. The van der Waals surface area contributed by atoms with Gasteiger partial charge in [-0.05, 0) is 16.7 Å². The number of hydrogen-bond donors (Lipinski definition) is 4. The molecule has 2 atom stereocenters. The van der Waals surface area contributed by atoms with Crippen LogP contribution in [0.2, 0.25) is 0 Å². The van der Waals surface area contributed by atoms with Gasteiger partial charge in [-0.25, -0.2) is 4.79 Å². The molecule has 2 aliphatic heterocycles. The van der Waals surface area contributed by atoms with Crippen LogP contribution in [0.1, 0.15) is 17.0 Å². The first-order chi connectivity index (χ1) is 17.1. The third kappa shape index (κ3) is 5.73. The standard InChI is InChI=1S/C20H21N5O8S3/c21-6-11-4-2-1-3-10(11)5-13(26)22-15-17(27)25-16(19(28)29)12(7-34-18(15)25)8-35-20-24-23-14(33-20)9-36(30,31)32/h1-4,15,18H,5-9,21H2,(H,22,26)(H,28,29)(H,30,31,32)/t15?,18-/m1/s1. The van der Waals surface area contributed by atoms with Gasteiger partial charge < -0.3 is 20.6 Å². The molecule has 0 radical (unpaired) electrons. The Morgan fingerprint density at radius 3 is 2.67 bits per heavy atom. The lowest BCUT2D eigenvalue weighted by atomic mass is 10.0. The number of aromatic nitrogens is 2. The Bertz CT molecular complexity index is 1340. The molecule has 5 N–H and O–H groups in total. The van der Waals surface area contributed by atoms with E-state index in [0.29, 0.717) is 5.57 Å². The molecule has 2 aliphatic rings. The van der Waals surface area contributed by atoms with E-state index in [2.05, 4.69) is 15.5 Å². The molecular formula is C20H21N5O8S3. The molecule has 3 heterocycles. The second-order valence-electron chi connectivity index (χ2n) is 7.84. The van der Waals surface area contributed by atoms with Crippen molar-refractivity contribution >= 4 is 51.4 Å². The number of amides is 2. The second kappa shape index (κ2) is 10.6. The minimum absolute atomic E-state index is 0.0177. The topological polar surface area (TPSA) is 206 Å². The zero-order chi connectivity index (χ0) is 26.0. The number of benzene rings is 1. The van der Waals surface area contributed by atoms with Gasteiger partial charge >= 0.3 is 5.97 Å². The summed E-state index contributed by atoms with van der Waals surface area (Å²) in [4.78, 5) is 38.6. The number of nitrogens with zero attached hydrogens (tertiary/aromatic N) is 3. The molecule has 4 rings (SSSR count). The Balaban J connectivity index is 1.41. The fraction of sp³-hybridized carbons (Fsp3) is 0.350. The molecule has 1 aromatic carbocycles. The van der Waals surface area contributed by atoms with Gasteiger partial charge in [-0.1, -0.05) is 36.0 Å². The van der Waals surface area contributed by atoms with Gasteiger partial charge in [0.15, 0.2) is 5.75 Å². The van der Waals surface area contributed by atoms with Gasteiger partial charge in [0.25, 0.3) is 21.2 Å². The number of thioether (sulfide) groups is 2. The summed E-state index contributed by atoms with van der Waals surface area (Å²) in [5.41, 5.74) is 7.55. The number of hydrogen-bond acceptors (Lipinski definition) is 11. The van der Waals surface area contributed by atoms with Crippen molar-refractivity contribution in [1.82, 2.24) is 20.4 Å². The average Bonchev–Trinajstić information content (AvgIpc) is 3.26. The summed E-state index contributed by atoms with van der Waals surface area (Å²) in [6.45, 7) is 0.275. The van der Waals surface area contributed by atoms with Crippen molar-refractivity contribution in [3.05, 3.63) is 52.6 Å². The first kappa shape index (κ1) is 26.2. The third-order valence-electron chi connectivity index (χ3n) is 5.38. The minimum atomic E-state index is -4.34. The lowest BCUT2D eigenvalue weighted by molar-refractivity contribution is -0.150. The lowest BCUT2D eigenvalue weighted by Crippen LogP contribution is -2.70. The number of fused-ring (bicyclic) bond motifs is 1. The van der Waals surface area contributed by atoms with E-state index in [-0.39, 0.29) is 47.2 Å². The Kier molecular flexibility index (Phi) is 7.70. The molecule has 16 heteroatoms. The van der Waals surface area contributed by atoms with E-state index in [0.717, 1.165) is 27.8 Å². The van der Waals surface area contributed by atoms with Crippen molar-refractivity contribution in [2.75, 3.05) is 11.5 Å².